The molecule has 4 rings (SSSR count). The second kappa shape index (κ2) is 12.4. The summed E-state index contributed by atoms with van der Waals surface area (Å²) in [7, 11) is 0. The third kappa shape index (κ3) is 7.01. The number of carbonyl (C=O) groups is 3. The molecule has 15 heteroatoms. The predicted octanol–water partition coefficient (Wildman–Crippen LogP) is 4.79. The van der Waals surface area contributed by atoms with Crippen LogP contribution in [0.25, 0.3) is 21.8 Å². The fourth-order valence-electron chi connectivity index (χ4n) is 3.95. The van der Waals surface area contributed by atoms with E-state index in [1.807, 2.05) is 23.8 Å². The lowest BCUT2D eigenvalue weighted by Gasteiger charge is -2.31. The van der Waals surface area contributed by atoms with Crippen LogP contribution in [0.1, 0.15) is 17.7 Å². The second-order valence-corrected chi connectivity index (χ2v) is 11.7. The van der Waals surface area contributed by atoms with E-state index in [0.717, 1.165) is 20.3 Å². The highest BCUT2D eigenvalue weighted by atomic mass is 32.2. The molecule has 1 fully saturated rings. The van der Waals surface area contributed by atoms with E-state index in [-0.39, 0.29) is 25.4 Å². The van der Waals surface area contributed by atoms with Gasteiger partial charge in [-0.2, -0.15) is 13.2 Å². The molecule has 40 heavy (non-hydrogen) atoms. The van der Waals surface area contributed by atoms with Crippen LogP contribution >= 0.6 is 34.4 Å². The van der Waals surface area contributed by atoms with Crippen molar-refractivity contribution in [3.05, 3.63) is 40.6 Å². The molecule has 1 atom stereocenters. The standard InChI is InChI=1S/C25H23F3N4O5S3/c1-38-23-16(9-18(40-23)20(29)30)21-31-17(12-39-21)13-4-2-6-15(8-13)36-11-19(33)32-7-3-5-14(10-32)22(34)37-24(35)25(26,27)28/h2,4,6,8-9,12,14H,3,5,7,10-11H2,1H3,(H3,29,30). The molecule has 0 bridgehead atoms. The van der Waals surface area contributed by atoms with Gasteiger partial charge in [-0.1, -0.05) is 12.1 Å². The maximum atomic E-state index is 12.7. The Bertz CT molecular complexity index is 1440. The largest absolute Gasteiger partial charge is 0.491 e. The van der Waals surface area contributed by atoms with Gasteiger partial charge in [-0.3, -0.25) is 15.0 Å². The minimum absolute atomic E-state index is 0.000659. The van der Waals surface area contributed by atoms with Gasteiger partial charge in [-0.05, 0) is 37.3 Å². The number of nitrogens with two attached hydrogens (primary N) is 1. The van der Waals surface area contributed by atoms with Crippen LogP contribution in [0.4, 0.5) is 13.2 Å². The fourth-order valence-corrected chi connectivity index (χ4v) is 6.66. The summed E-state index contributed by atoms with van der Waals surface area (Å²) in [5.41, 5.74) is 8.01. The van der Waals surface area contributed by atoms with Crippen molar-refractivity contribution < 1.29 is 37.0 Å². The molecule has 1 aliphatic rings. The van der Waals surface area contributed by atoms with Crippen molar-refractivity contribution in [3.8, 4) is 27.6 Å². The molecule has 2 aromatic heterocycles. The van der Waals surface area contributed by atoms with E-state index < -0.39 is 29.9 Å². The number of carbonyl (C=O) groups excluding carboxylic acids is 3. The quantitative estimate of drug-likeness (QED) is 0.122. The number of hydrogen-bond donors (Lipinski definition) is 2. The highest BCUT2D eigenvalue weighted by Gasteiger charge is 2.44. The Labute approximate surface area is 239 Å². The molecule has 3 aromatic rings. The molecule has 212 valence electrons. The normalized spacial score (nSPS) is 15.5. The molecule has 9 nitrogen and oxygen atoms in total. The lowest BCUT2D eigenvalue weighted by atomic mass is 9.98. The number of piperidine rings is 1. The number of nitrogens with one attached hydrogen (secondary N) is 1. The molecule has 3 N–H and O–H groups in total. The number of amidine groups is 1. The van der Waals surface area contributed by atoms with E-state index in [1.54, 1.807) is 30.0 Å². The Kier molecular flexibility index (Phi) is 9.15. The van der Waals surface area contributed by atoms with E-state index in [2.05, 4.69) is 4.74 Å². The Morgan fingerprint density at radius 2 is 2.05 bits per heavy atom. The minimum atomic E-state index is -5.28. The van der Waals surface area contributed by atoms with Crippen molar-refractivity contribution in [2.75, 3.05) is 26.0 Å². The monoisotopic (exact) mass is 612 g/mol. The van der Waals surface area contributed by atoms with Crippen LogP contribution in [0.15, 0.2) is 39.9 Å². The molecule has 0 radical (unpaired) electrons. The average molecular weight is 613 g/mol. The number of halogens is 3. The number of thioether (sulfide) groups is 1. The second-order valence-electron chi connectivity index (χ2n) is 8.67. The van der Waals surface area contributed by atoms with Gasteiger partial charge in [-0.15, -0.1) is 34.4 Å². The number of alkyl halides is 3. The molecule has 1 aromatic carbocycles. The number of benzene rings is 1. The van der Waals surface area contributed by atoms with Crippen LogP contribution in [-0.2, 0) is 19.1 Å². The molecule has 3 heterocycles. The molecule has 1 amide bonds. The number of aromatic nitrogens is 1. The Hall–Kier alpha value is -3.43. The topological polar surface area (TPSA) is 136 Å². The highest BCUT2D eigenvalue weighted by Crippen LogP contribution is 2.40. The first-order chi connectivity index (χ1) is 19.0. The molecule has 1 unspecified atom stereocenters. The zero-order valence-corrected chi connectivity index (χ0v) is 23.4. The summed E-state index contributed by atoms with van der Waals surface area (Å²) in [5.74, 6) is -4.96. The number of amides is 1. The SMILES string of the molecule is CSc1sc(C(=N)N)cc1-c1nc(-c2cccc(OCC(=O)N3CCCC(C(=O)OC(=O)C(F)(F)F)C3)c2)cs1. The maximum absolute atomic E-state index is 12.7. The van der Waals surface area contributed by atoms with E-state index in [4.69, 9.17) is 20.9 Å². The van der Waals surface area contributed by atoms with Crippen molar-refractivity contribution in [1.82, 2.24) is 9.88 Å². The van der Waals surface area contributed by atoms with Crippen LogP contribution < -0.4 is 10.5 Å². The van der Waals surface area contributed by atoms with Crippen LogP contribution in [0.3, 0.4) is 0 Å². The number of hydrogen-bond acceptors (Lipinski definition) is 10. The third-order valence-corrected chi connectivity index (χ3v) is 9.09. The Balaban J connectivity index is 1.38. The lowest BCUT2D eigenvalue weighted by Crippen LogP contribution is -2.45. The van der Waals surface area contributed by atoms with Gasteiger partial charge in [0.15, 0.2) is 6.61 Å². The molecule has 0 saturated carbocycles. The summed E-state index contributed by atoms with van der Waals surface area (Å²) in [6.45, 7) is -0.221. The van der Waals surface area contributed by atoms with E-state index in [9.17, 15) is 27.6 Å². The van der Waals surface area contributed by atoms with Crippen LogP contribution in [0.2, 0.25) is 0 Å². The number of ether oxygens (including phenoxy) is 2. The molecular formula is C25H23F3N4O5S3. The fraction of sp³-hybridized carbons (Fsp3) is 0.320. The van der Waals surface area contributed by atoms with E-state index in [1.165, 1.54) is 27.6 Å². The Morgan fingerprint density at radius 1 is 1.27 bits per heavy atom. The molecular weight excluding hydrogens is 589 g/mol. The minimum Gasteiger partial charge on any atom is -0.484 e. The summed E-state index contributed by atoms with van der Waals surface area (Å²) in [6.07, 6.45) is -2.76. The Morgan fingerprint density at radius 3 is 2.75 bits per heavy atom. The molecule has 1 saturated heterocycles. The van der Waals surface area contributed by atoms with E-state index in [0.29, 0.717) is 29.3 Å². The number of rotatable bonds is 8. The van der Waals surface area contributed by atoms with Gasteiger partial charge in [0.2, 0.25) is 0 Å². The third-order valence-electron chi connectivity index (χ3n) is 5.91. The predicted molar refractivity (Wildman–Crippen MR) is 146 cm³/mol. The van der Waals surface area contributed by atoms with Gasteiger partial charge >= 0.3 is 18.1 Å². The van der Waals surface area contributed by atoms with Crippen molar-refractivity contribution >= 4 is 58.1 Å². The summed E-state index contributed by atoms with van der Waals surface area (Å²) in [4.78, 5) is 42.4. The number of nitrogen functional groups attached to an aromatic ring is 1. The lowest BCUT2D eigenvalue weighted by molar-refractivity contribution is -0.203. The number of thiazole rings is 1. The molecule has 0 spiro atoms. The van der Waals surface area contributed by atoms with Crippen LogP contribution in [0, 0.1) is 11.3 Å². The highest BCUT2D eigenvalue weighted by molar-refractivity contribution is 8.00. The van der Waals surface area contributed by atoms with Gasteiger partial charge < -0.3 is 20.1 Å². The zero-order valence-electron chi connectivity index (χ0n) is 20.9. The summed E-state index contributed by atoms with van der Waals surface area (Å²) in [5, 5.41) is 10.4. The zero-order chi connectivity index (χ0) is 29.0. The smallest absolute Gasteiger partial charge is 0.484 e. The first-order valence-corrected chi connectivity index (χ1v) is 14.7. The maximum Gasteiger partial charge on any atom is 0.491 e. The van der Waals surface area contributed by atoms with Gasteiger partial charge in [0, 0.05) is 29.6 Å². The molecule has 1 aliphatic heterocycles. The van der Waals surface area contributed by atoms with Crippen molar-refractivity contribution in [2.24, 2.45) is 11.7 Å². The summed E-state index contributed by atoms with van der Waals surface area (Å²) >= 11 is 4.44. The number of likely N-dealkylation sites (tertiary alicyclic amines) is 1. The average Bonchev–Trinajstić information content (AvgIpc) is 3.59. The van der Waals surface area contributed by atoms with Gasteiger partial charge in [0.25, 0.3) is 5.91 Å². The number of thiophene rings is 1. The van der Waals surface area contributed by atoms with Crippen LogP contribution in [0.5, 0.6) is 5.75 Å². The first kappa shape index (κ1) is 29.6. The van der Waals surface area contributed by atoms with Crippen LogP contribution in [-0.4, -0.2) is 65.7 Å². The van der Waals surface area contributed by atoms with Crippen molar-refractivity contribution in [1.29, 1.82) is 5.41 Å². The van der Waals surface area contributed by atoms with Crippen molar-refractivity contribution in [2.45, 2.75) is 23.2 Å². The number of esters is 2. The summed E-state index contributed by atoms with van der Waals surface area (Å²) < 4.78 is 47.8. The first-order valence-electron chi connectivity index (χ1n) is 11.8. The van der Waals surface area contributed by atoms with Gasteiger partial charge in [0.05, 0.1) is 20.7 Å². The van der Waals surface area contributed by atoms with Gasteiger partial charge in [0.1, 0.15) is 16.6 Å². The van der Waals surface area contributed by atoms with Gasteiger partial charge in [-0.25, -0.2) is 9.78 Å². The number of nitrogens with zero attached hydrogens (tertiary/aromatic N) is 2. The summed E-state index contributed by atoms with van der Waals surface area (Å²) in [6, 6.07) is 8.86. The molecule has 0 aliphatic carbocycles. The van der Waals surface area contributed by atoms with Crippen molar-refractivity contribution in [3.63, 3.8) is 0 Å². The van der Waals surface area contributed by atoms with E-state index >= 15 is 0 Å².